The summed E-state index contributed by atoms with van der Waals surface area (Å²) in [6.45, 7) is 2.32. The zero-order valence-electron chi connectivity index (χ0n) is 10.8. The lowest BCUT2D eigenvalue weighted by molar-refractivity contribution is 0.165. The molecule has 2 atom stereocenters. The summed E-state index contributed by atoms with van der Waals surface area (Å²) in [7, 11) is 2.05. The maximum Gasteiger partial charge on any atom is 0.0595 e. The smallest absolute Gasteiger partial charge is 0.0595 e. The molecule has 0 radical (unpaired) electrons. The van der Waals surface area contributed by atoms with E-state index in [1.54, 1.807) is 0 Å². The number of benzene rings is 1. The minimum absolute atomic E-state index is 0. The molecule has 1 saturated carbocycles. The fourth-order valence-electron chi connectivity index (χ4n) is 3.07. The van der Waals surface area contributed by atoms with Gasteiger partial charge in [-0.1, -0.05) is 49.0 Å². The molecule has 0 bridgehead atoms. The standard InChI is InChI=1S/C14H19Cl2N.ClH/c1-10-5-3-4-8-14(10,17-2)11-6-7-12(15)13(16)9-11;/h6-7,9-10,17H,3-5,8H2,1-2H3;1H. The molecule has 4 heteroatoms. The van der Waals surface area contributed by atoms with Crippen molar-refractivity contribution >= 4 is 35.6 Å². The van der Waals surface area contributed by atoms with Gasteiger partial charge in [0.1, 0.15) is 0 Å². The Bertz CT molecular complexity index is 408. The van der Waals surface area contributed by atoms with Gasteiger partial charge in [-0.05, 0) is 43.5 Å². The van der Waals surface area contributed by atoms with Gasteiger partial charge in [-0.25, -0.2) is 0 Å². The molecule has 0 spiro atoms. The van der Waals surface area contributed by atoms with E-state index >= 15 is 0 Å². The Kier molecular flexibility index (Phi) is 5.79. The first kappa shape index (κ1) is 16.1. The van der Waals surface area contributed by atoms with Crippen molar-refractivity contribution in [3.63, 3.8) is 0 Å². The Morgan fingerprint density at radius 3 is 2.50 bits per heavy atom. The first-order valence-electron chi connectivity index (χ1n) is 6.24. The average molecular weight is 309 g/mol. The monoisotopic (exact) mass is 307 g/mol. The summed E-state index contributed by atoms with van der Waals surface area (Å²) in [6, 6.07) is 6.02. The predicted molar refractivity (Wildman–Crippen MR) is 82.1 cm³/mol. The zero-order chi connectivity index (χ0) is 12.5. The molecule has 2 rings (SSSR count). The molecular formula is C14H20Cl3N. The molecule has 0 aliphatic heterocycles. The molecule has 2 unspecified atom stereocenters. The van der Waals surface area contributed by atoms with Crippen molar-refractivity contribution in [2.45, 2.75) is 38.1 Å². The number of hydrogen-bond acceptors (Lipinski definition) is 1. The normalized spacial score (nSPS) is 27.7. The molecule has 1 N–H and O–H groups in total. The fourth-order valence-corrected chi connectivity index (χ4v) is 3.36. The van der Waals surface area contributed by atoms with Crippen molar-refractivity contribution in [2.75, 3.05) is 7.05 Å². The molecule has 1 aromatic carbocycles. The van der Waals surface area contributed by atoms with E-state index in [0.717, 1.165) is 0 Å². The van der Waals surface area contributed by atoms with Crippen LogP contribution in [0.1, 0.15) is 38.2 Å². The van der Waals surface area contributed by atoms with Crippen molar-refractivity contribution in [1.29, 1.82) is 0 Å². The molecule has 1 aromatic rings. The van der Waals surface area contributed by atoms with E-state index < -0.39 is 0 Å². The molecule has 1 aliphatic carbocycles. The molecule has 1 nitrogen and oxygen atoms in total. The van der Waals surface area contributed by atoms with E-state index in [4.69, 9.17) is 23.2 Å². The lowest BCUT2D eigenvalue weighted by Crippen LogP contribution is -2.47. The minimum atomic E-state index is 0. The van der Waals surface area contributed by atoms with Crippen molar-refractivity contribution < 1.29 is 0 Å². The van der Waals surface area contributed by atoms with Gasteiger partial charge in [0.25, 0.3) is 0 Å². The highest BCUT2D eigenvalue weighted by Crippen LogP contribution is 2.42. The van der Waals surface area contributed by atoms with Crippen LogP contribution >= 0.6 is 35.6 Å². The number of rotatable bonds is 2. The molecular weight excluding hydrogens is 289 g/mol. The Labute approximate surface area is 126 Å². The van der Waals surface area contributed by atoms with Gasteiger partial charge in [0.15, 0.2) is 0 Å². The first-order chi connectivity index (χ1) is 8.10. The quantitative estimate of drug-likeness (QED) is 0.807. The van der Waals surface area contributed by atoms with Crippen LogP contribution in [0.2, 0.25) is 10.0 Å². The van der Waals surface area contributed by atoms with Crippen LogP contribution in [0.5, 0.6) is 0 Å². The van der Waals surface area contributed by atoms with Crippen LogP contribution in [0.4, 0.5) is 0 Å². The maximum absolute atomic E-state index is 6.14. The van der Waals surface area contributed by atoms with E-state index in [1.165, 1.54) is 31.2 Å². The Hall–Kier alpha value is 0.0500. The lowest BCUT2D eigenvalue weighted by Gasteiger charge is -2.43. The highest BCUT2D eigenvalue weighted by atomic mass is 35.5. The topological polar surface area (TPSA) is 12.0 Å². The van der Waals surface area contributed by atoms with E-state index in [9.17, 15) is 0 Å². The third-order valence-corrected chi connectivity index (χ3v) is 4.92. The average Bonchev–Trinajstić information content (AvgIpc) is 2.34. The summed E-state index contributed by atoms with van der Waals surface area (Å²) in [5.41, 5.74) is 1.33. The summed E-state index contributed by atoms with van der Waals surface area (Å²) in [6.07, 6.45) is 5.03. The summed E-state index contributed by atoms with van der Waals surface area (Å²) in [5.74, 6) is 0.624. The molecule has 1 aliphatic rings. The van der Waals surface area contributed by atoms with Crippen LogP contribution in [-0.2, 0) is 5.54 Å². The molecule has 0 amide bonds. The van der Waals surface area contributed by atoms with E-state index in [0.29, 0.717) is 16.0 Å². The second-order valence-electron chi connectivity index (χ2n) is 5.00. The first-order valence-corrected chi connectivity index (χ1v) is 7.00. The van der Waals surface area contributed by atoms with E-state index in [-0.39, 0.29) is 17.9 Å². The Balaban J connectivity index is 0.00000162. The SMILES string of the molecule is CNC1(c2ccc(Cl)c(Cl)c2)CCCCC1C.Cl. The molecule has 102 valence electrons. The van der Waals surface area contributed by atoms with Gasteiger partial charge >= 0.3 is 0 Å². The van der Waals surface area contributed by atoms with Crippen LogP contribution in [0.3, 0.4) is 0 Å². The Morgan fingerprint density at radius 1 is 1.22 bits per heavy atom. The largest absolute Gasteiger partial charge is 0.310 e. The van der Waals surface area contributed by atoms with Crippen LogP contribution in [0, 0.1) is 5.92 Å². The number of nitrogens with one attached hydrogen (secondary N) is 1. The van der Waals surface area contributed by atoms with Crippen LogP contribution in [0.25, 0.3) is 0 Å². The predicted octanol–water partition coefficient (Wildman–Crippen LogP) is 5.04. The molecule has 0 heterocycles. The highest BCUT2D eigenvalue weighted by molar-refractivity contribution is 6.42. The zero-order valence-corrected chi connectivity index (χ0v) is 13.1. The summed E-state index contributed by atoms with van der Waals surface area (Å²) in [5, 5.41) is 4.81. The molecule has 1 fully saturated rings. The van der Waals surface area contributed by atoms with Gasteiger partial charge < -0.3 is 5.32 Å². The highest BCUT2D eigenvalue weighted by Gasteiger charge is 2.38. The summed E-state index contributed by atoms with van der Waals surface area (Å²) >= 11 is 12.1. The van der Waals surface area contributed by atoms with Crippen molar-refractivity contribution in [2.24, 2.45) is 5.92 Å². The third kappa shape index (κ3) is 2.80. The van der Waals surface area contributed by atoms with Gasteiger partial charge in [-0.2, -0.15) is 0 Å². The number of halogens is 3. The minimum Gasteiger partial charge on any atom is -0.310 e. The maximum atomic E-state index is 6.14. The molecule has 18 heavy (non-hydrogen) atoms. The third-order valence-electron chi connectivity index (χ3n) is 4.18. The van der Waals surface area contributed by atoms with Crippen molar-refractivity contribution in [1.82, 2.24) is 5.32 Å². The number of hydrogen-bond donors (Lipinski definition) is 1. The van der Waals surface area contributed by atoms with Gasteiger partial charge in [0.05, 0.1) is 10.0 Å². The summed E-state index contributed by atoms with van der Waals surface area (Å²) < 4.78 is 0. The fraction of sp³-hybridized carbons (Fsp3) is 0.571. The summed E-state index contributed by atoms with van der Waals surface area (Å²) in [4.78, 5) is 0. The molecule has 0 saturated heterocycles. The van der Waals surface area contributed by atoms with Crippen molar-refractivity contribution in [3.05, 3.63) is 33.8 Å². The van der Waals surface area contributed by atoms with E-state index in [1.807, 2.05) is 19.2 Å². The van der Waals surface area contributed by atoms with Gasteiger partial charge in [0, 0.05) is 5.54 Å². The second-order valence-corrected chi connectivity index (χ2v) is 5.81. The second kappa shape index (κ2) is 6.47. The van der Waals surface area contributed by atoms with Gasteiger partial charge in [-0.15, -0.1) is 12.4 Å². The van der Waals surface area contributed by atoms with Crippen molar-refractivity contribution in [3.8, 4) is 0 Å². The van der Waals surface area contributed by atoms with Crippen LogP contribution in [0.15, 0.2) is 18.2 Å². The molecule has 0 aromatic heterocycles. The van der Waals surface area contributed by atoms with Crippen LogP contribution in [-0.4, -0.2) is 7.05 Å². The van der Waals surface area contributed by atoms with Gasteiger partial charge in [0.2, 0.25) is 0 Å². The van der Waals surface area contributed by atoms with Crippen LogP contribution < -0.4 is 5.32 Å². The van der Waals surface area contributed by atoms with Gasteiger partial charge in [-0.3, -0.25) is 0 Å². The van der Waals surface area contributed by atoms with E-state index in [2.05, 4.69) is 18.3 Å². The lowest BCUT2D eigenvalue weighted by atomic mass is 9.70. The Morgan fingerprint density at radius 2 is 1.94 bits per heavy atom.